The lowest BCUT2D eigenvalue weighted by Crippen LogP contribution is -2.19. The first-order valence-electron chi connectivity index (χ1n) is 3.16. The maximum absolute atomic E-state index is 10.3. The Morgan fingerprint density at radius 2 is 2.55 bits per heavy atom. The van der Waals surface area contributed by atoms with Crippen molar-refractivity contribution in [1.82, 2.24) is 0 Å². The van der Waals surface area contributed by atoms with Crippen LogP contribution in [0.4, 0.5) is 0 Å². The van der Waals surface area contributed by atoms with E-state index in [0.29, 0.717) is 5.75 Å². The van der Waals surface area contributed by atoms with Crippen molar-refractivity contribution < 1.29 is 9.53 Å². The van der Waals surface area contributed by atoms with Crippen molar-refractivity contribution in [3.8, 4) is 5.75 Å². The van der Waals surface area contributed by atoms with Crippen LogP contribution in [0.1, 0.15) is 0 Å². The molecule has 57 valence electrons. The fourth-order valence-electron chi connectivity index (χ4n) is 0.621. The van der Waals surface area contributed by atoms with Crippen LogP contribution in [-0.2, 0) is 4.79 Å². The highest BCUT2D eigenvalue weighted by molar-refractivity contribution is 5.75. The molecular weight excluding hydrogens is 142 g/mol. The molecule has 0 atom stereocenters. The number of rotatable bonds is 3. The molecule has 1 aromatic carbocycles. The standard InChI is InChI=1S/C8H8NO2/c9-8(10)6-11-7-4-2-1-3-5-7/h1-2,4-5H,6H2,(H2,9,10). The van der Waals surface area contributed by atoms with Gasteiger partial charge in [-0.25, -0.2) is 0 Å². The lowest BCUT2D eigenvalue weighted by Gasteiger charge is -2.00. The van der Waals surface area contributed by atoms with Crippen molar-refractivity contribution in [1.29, 1.82) is 0 Å². The fraction of sp³-hybridized carbons (Fsp3) is 0.125. The lowest BCUT2D eigenvalue weighted by molar-refractivity contribution is -0.119. The van der Waals surface area contributed by atoms with E-state index in [9.17, 15) is 4.79 Å². The van der Waals surface area contributed by atoms with Gasteiger partial charge in [-0.05, 0) is 18.2 Å². The van der Waals surface area contributed by atoms with Crippen LogP contribution in [0.15, 0.2) is 24.3 Å². The van der Waals surface area contributed by atoms with Gasteiger partial charge < -0.3 is 10.5 Å². The third-order valence-corrected chi connectivity index (χ3v) is 1.06. The first kappa shape index (κ1) is 7.60. The maximum Gasteiger partial charge on any atom is 0.255 e. The molecule has 1 rings (SSSR count). The van der Waals surface area contributed by atoms with Crippen LogP contribution in [0, 0.1) is 6.07 Å². The van der Waals surface area contributed by atoms with Crippen molar-refractivity contribution in [2.45, 2.75) is 0 Å². The molecule has 3 nitrogen and oxygen atoms in total. The summed E-state index contributed by atoms with van der Waals surface area (Å²) in [6.07, 6.45) is 0. The molecule has 0 aliphatic rings. The highest BCUT2D eigenvalue weighted by atomic mass is 16.5. The van der Waals surface area contributed by atoms with Crippen molar-refractivity contribution >= 4 is 5.91 Å². The van der Waals surface area contributed by atoms with E-state index in [2.05, 4.69) is 6.07 Å². The Kier molecular flexibility index (Phi) is 2.49. The van der Waals surface area contributed by atoms with Gasteiger partial charge in [-0.2, -0.15) is 0 Å². The van der Waals surface area contributed by atoms with Crippen molar-refractivity contribution in [2.75, 3.05) is 6.61 Å². The Labute approximate surface area is 64.8 Å². The third-order valence-electron chi connectivity index (χ3n) is 1.06. The zero-order chi connectivity index (χ0) is 8.10. The second kappa shape index (κ2) is 3.61. The zero-order valence-corrected chi connectivity index (χ0v) is 5.91. The molecule has 2 N–H and O–H groups in total. The molecule has 1 amide bonds. The first-order chi connectivity index (χ1) is 5.29. The number of hydrogen-bond acceptors (Lipinski definition) is 2. The highest BCUT2D eigenvalue weighted by Gasteiger charge is 1.94. The van der Waals surface area contributed by atoms with Crippen molar-refractivity contribution in [3.63, 3.8) is 0 Å². The molecule has 0 aliphatic carbocycles. The van der Waals surface area contributed by atoms with Gasteiger partial charge in [-0.3, -0.25) is 4.79 Å². The number of hydrogen-bond donors (Lipinski definition) is 1. The monoisotopic (exact) mass is 150 g/mol. The molecule has 0 bridgehead atoms. The molecule has 0 saturated carbocycles. The van der Waals surface area contributed by atoms with E-state index in [1.165, 1.54) is 0 Å². The Hall–Kier alpha value is -1.51. The SMILES string of the molecule is NC(=O)COc1c[c]ccc1. The number of carbonyl (C=O) groups excluding carboxylic acids is 1. The van der Waals surface area contributed by atoms with Crippen LogP contribution in [0.2, 0.25) is 0 Å². The summed E-state index contributed by atoms with van der Waals surface area (Å²) in [4.78, 5) is 10.3. The Morgan fingerprint density at radius 3 is 3.09 bits per heavy atom. The van der Waals surface area contributed by atoms with Gasteiger partial charge in [0.15, 0.2) is 6.61 Å². The summed E-state index contributed by atoms with van der Waals surface area (Å²) in [6.45, 7) is -0.0855. The third kappa shape index (κ3) is 2.71. The average molecular weight is 150 g/mol. The van der Waals surface area contributed by atoms with Gasteiger partial charge in [0.05, 0.1) is 0 Å². The molecule has 0 aromatic heterocycles. The second-order valence-corrected chi connectivity index (χ2v) is 1.99. The van der Waals surface area contributed by atoms with E-state index in [4.69, 9.17) is 10.5 Å². The van der Waals surface area contributed by atoms with E-state index >= 15 is 0 Å². The van der Waals surface area contributed by atoms with Crippen molar-refractivity contribution in [3.05, 3.63) is 30.3 Å². The Morgan fingerprint density at radius 1 is 1.73 bits per heavy atom. The van der Waals surface area contributed by atoms with Crippen LogP contribution < -0.4 is 10.5 Å². The van der Waals surface area contributed by atoms with Crippen molar-refractivity contribution in [2.24, 2.45) is 5.73 Å². The Balaban J connectivity index is 2.45. The van der Waals surface area contributed by atoms with Gasteiger partial charge in [0.25, 0.3) is 5.91 Å². The van der Waals surface area contributed by atoms with Gasteiger partial charge >= 0.3 is 0 Å². The number of amides is 1. The summed E-state index contributed by atoms with van der Waals surface area (Å²) in [5, 5.41) is 0. The van der Waals surface area contributed by atoms with E-state index < -0.39 is 5.91 Å². The number of primary amides is 1. The fourth-order valence-corrected chi connectivity index (χ4v) is 0.621. The number of nitrogens with two attached hydrogens (primary N) is 1. The number of benzene rings is 1. The summed E-state index contributed by atoms with van der Waals surface area (Å²) in [7, 11) is 0. The lowest BCUT2D eigenvalue weighted by atomic mass is 10.3. The average Bonchev–Trinajstić information content (AvgIpc) is 2.03. The molecule has 0 aliphatic heterocycles. The van der Waals surface area contributed by atoms with Crippen LogP contribution >= 0.6 is 0 Å². The molecule has 0 heterocycles. The summed E-state index contributed by atoms with van der Waals surface area (Å²) in [5.41, 5.74) is 4.87. The normalized spacial score (nSPS) is 9.09. The minimum atomic E-state index is -0.478. The van der Waals surface area contributed by atoms with E-state index in [0.717, 1.165) is 0 Å². The van der Waals surface area contributed by atoms with Crippen LogP contribution in [0.25, 0.3) is 0 Å². The molecule has 1 aromatic rings. The quantitative estimate of drug-likeness (QED) is 0.676. The molecule has 11 heavy (non-hydrogen) atoms. The summed E-state index contributed by atoms with van der Waals surface area (Å²) < 4.78 is 4.96. The van der Waals surface area contributed by atoms with Gasteiger partial charge in [-0.15, -0.1) is 0 Å². The second-order valence-electron chi connectivity index (χ2n) is 1.99. The van der Waals surface area contributed by atoms with Crippen LogP contribution in [0.5, 0.6) is 5.75 Å². The van der Waals surface area contributed by atoms with Gasteiger partial charge in [0.2, 0.25) is 0 Å². The molecule has 0 unspecified atom stereocenters. The van der Waals surface area contributed by atoms with Gasteiger partial charge in [-0.1, -0.05) is 12.1 Å². The Bertz CT molecular complexity index is 233. The van der Waals surface area contributed by atoms with Crippen LogP contribution in [0.3, 0.4) is 0 Å². The molecule has 0 spiro atoms. The molecule has 1 radical (unpaired) electrons. The maximum atomic E-state index is 10.3. The highest BCUT2D eigenvalue weighted by Crippen LogP contribution is 2.06. The first-order valence-corrected chi connectivity index (χ1v) is 3.16. The van der Waals surface area contributed by atoms with Gasteiger partial charge in [0.1, 0.15) is 5.75 Å². The number of ether oxygens (including phenoxy) is 1. The predicted molar refractivity (Wildman–Crippen MR) is 40.0 cm³/mol. The van der Waals surface area contributed by atoms with Crippen LogP contribution in [-0.4, -0.2) is 12.5 Å². The topological polar surface area (TPSA) is 52.3 Å². The molecule has 0 fully saturated rings. The largest absolute Gasteiger partial charge is 0.484 e. The smallest absolute Gasteiger partial charge is 0.255 e. The molecule has 3 heteroatoms. The van der Waals surface area contributed by atoms with E-state index in [-0.39, 0.29) is 6.61 Å². The molecular formula is C8H8NO2. The predicted octanol–water partition coefficient (Wildman–Crippen LogP) is 0.351. The summed E-state index contributed by atoms with van der Waals surface area (Å²) >= 11 is 0. The minimum absolute atomic E-state index is 0.0855. The summed E-state index contributed by atoms with van der Waals surface area (Å²) in [5.74, 6) is 0.125. The zero-order valence-electron chi connectivity index (χ0n) is 5.91. The van der Waals surface area contributed by atoms with E-state index in [1.54, 1.807) is 24.3 Å². The summed E-state index contributed by atoms with van der Waals surface area (Å²) in [6, 6.07) is 9.71. The molecule has 0 saturated heterocycles. The number of carbonyl (C=O) groups is 1. The van der Waals surface area contributed by atoms with E-state index in [1.807, 2.05) is 0 Å². The minimum Gasteiger partial charge on any atom is -0.484 e. The van der Waals surface area contributed by atoms with Gasteiger partial charge in [0, 0.05) is 0 Å².